The van der Waals surface area contributed by atoms with E-state index in [1.165, 1.54) is 12.8 Å². The number of hydrogen-bond donors (Lipinski definition) is 2. The van der Waals surface area contributed by atoms with Crippen LogP contribution < -0.4 is 11.1 Å². The lowest BCUT2D eigenvalue weighted by molar-refractivity contribution is 0.0953. The highest BCUT2D eigenvalue weighted by molar-refractivity contribution is 6.34. The SMILES string of the molecule is CCCCCCNC(=O)c1ccc(N)cc1Cl. The molecule has 0 aliphatic rings. The summed E-state index contributed by atoms with van der Waals surface area (Å²) in [6.07, 6.45) is 4.55. The van der Waals surface area contributed by atoms with Crippen LogP contribution >= 0.6 is 11.6 Å². The van der Waals surface area contributed by atoms with E-state index < -0.39 is 0 Å². The summed E-state index contributed by atoms with van der Waals surface area (Å²) in [5, 5.41) is 3.25. The molecule has 0 aliphatic carbocycles. The number of nitrogens with two attached hydrogens (primary N) is 1. The Morgan fingerprint density at radius 3 is 2.76 bits per heavy atom. The van der Waals surface area contributed by atoms with Crippen LogP contribution in [0, 0.1) is 0 Å². The van der Waals surface area contributed by atoms with Gasteiger partial charge in [0.25, 0.3) is 5.91 Å². The first-order valence-electron chi connectivity index (χ1n) is 5.98. The molecule has 4 heteroatoms. The van der Waals surface area contributed by atoms with Crippen LogP contribution in [0.5, 0.6) is 0 Å². The highest BCUT2D eigenvalue weighted by Gasteiger charge is 2.09. The number of amides is 1. The Hall–Kier alpha value is -1.22. The topological polar surface area (TPSA) is 55.1 Å². The van der Waals surface area contributed by atoms with Gasteiger partial charge in [0.2, 0.25) is 0 Å². The molecule has 0 saturated carbocycles. The zero-order chi connectivity index (χ0) is 12.7. The van der Waals surface area contributed by atoms with Crippen LogP contribution in [0.2, 0.25) is 5.02 Å². The van der Waals surface area contributed by atoms with Crippen molar-refractivity contribution in [1.82, 2.24) is 5.32 Å². The zero-order valence-corrected chi connectivity index (χ0v) is 10.9. The smallest absolute Gasteiger partial charge is 0.252 e. The highest BCUT2D eigenvalue weighted by atomic mass is 35.5. The minimum atomic E-state index is -0.133. The van der Waals surface area contributed by atoms with Gasteiger partial charge in [-0.3, -0.25) is 4.79 Å². The van der Waals surface area contributed by atoms with Gasteiger partial charge in [0, 0.05) is 12.2 Å². The lowest BCUT2D eigenvalue weighted by Gasteiger charge is -2.07. The van der Waals surface area contributed by atoms with Crippen molar-refractivity contribution in [3.05, 3.63) is 28.8 Å². The fraction of sp³-hybridized carbons (Fsp3) is 0.462. The van der Waals surface area contributed by atoms with Crippen LogP contribution in [-0.2, 0) is 0 Å². The molecule has 0 unspecified atom stereocenters. The van der Waals surface area contributed by atoms with E-state index in [0.29, 0.717) is 22.8 Å². The van der Waals surface area contributed by atoms with E-state index in [-0.39, 0.29) is 5.91 Å². The Labute approximate surface area is 107 Å². The van der Waals surface area contributed by atoms with Crippen LogP contribution in [0.15, 0.2) is 18.2 Å². The third kappa shape index (κ3) is 4.65. The van der Waals surface area contributed by atoms with E-state index >= 15 is 0 Å². The first kappa shape index (κ1) is 13.8. The third-order valence-electron chi connectivity index (χ3n) is 2.55. The molecule has 0 spiro atoms. The molecule has 0 heterocycles. The molecule has 0 saturated heterocycles. The molecule has 1 aromatic carbocycles. The van der Waals surface area contributed by atoms with E-state index in [2.05, 4.69) is 12.2 Å². The molecule has 0 fully saturated rings. The van der Waals surface area contributed by atoms with Crippen molar-refractivity contribution in [1.29, 1.82) is 0 Å². The normalized spacial score (nSPS) is 10.2. The summed E-state index contributed by atoms with van der Waals surface area (Å²) in [5.74, 6) is -0.133. The lowest BCUT2D eigenvalue weighted by atomic mass is 10.2. The van der Waals surface area contributed by atoms with Gasteiger partial charge in [-0.25, -0.2) is 0 Å². The van der Waals surface area contributed by atoms with E-state index in [1.54, 1.807) is 18.2 Å². The second-order valence-electron chi connectivity index (χ2n) is 4.06. The number of carbonyl (C=O) groups excluding carboxylic acids is 1. The van der Waals surface area contributed by atoms with E-state index in [9.17, 15) is 4.79 Å². The first-order valence-corrected chi connectivity index (χ1v) is 6.36. The molecule has 0 aliphatic heterocycles. The van der Waals surface area contributed by atoms with E-state index in [1.807, 2.05) is 0 Å². The number of carbonyl (C=O) groups is 1. The average Bonchev–Trinajstić information content (AvgIpc) is 2.28. The summed E-state index contributed by atoms with van der Waals surface area (Å²) in [5.41, 5.74) is 6.61. The molecule has 1 amide bonds. The number of unbranched alkanes of at least 4 members (excludes halogenated alkanes) is 3. The summed E-state index contributed by atoms with van der Waals surface area (Å²) in [6.45, 7) is 2.85. The van der Waals surface area contributed by atoms with Crippen LogP contribution in [-0.4, -0.2) is 12.5 Å². The van der Waals surface area contributed by atoms with Crippen LogP contribution in [0.1, 0.15) is 43.0 Å². The van der Waals surface area contributed by atoms with Gasteiger partial charge in [-0.2, -0.15) is 0 Å². The number of anilines is 1. The van der Waals surface area contributed by atoms with E-state index in [0.717, 1.165) is 12.8 Å². The minimum Gasteiger partial charge on any atom is -0.399 e. The highest BCUT2D eigenvalue weighted by Crippen LogP contribution is 2.18. The summed E-state index contributed by atoms with van der Waals surface area (Å²) in [6, 6.07) is 4.92. The number of rotatable bonds is 6. The Bertz CT molecular complexity index is 380. The Kier molecular flexibility index (Phi) is 5.84. The van der Waals surface area contributed by atoms with Gasteiger partial charge in [-0.05, 0) is 24.6 Å². The second kappa shape index (κ2) is 7.17. The monoisotopic (exact) mass is 254 g/mol. The zero-order valence-electron chi connectivity index (χ0n) is 10.1. The molecule has 0 aromatic heterocycles. The van der Waals surface area contributed by atoms with Gasteiger partial charge < -0.3 is 11.1 Å². The van der Waals surface area contributed by atoms with Gasteiger partial charge in [-0.15, -0.1) is 0 Å². The molecular formula is C13H19ClN2O. The van der Waals surface area contributed by atoms with Gasteiger partial charge in [0.1, 0.15) is 0 Å². The number of hydrogen-bond acceptors (Lipinski definition) is 2. The molecule has 1 rings (SSSR count). The minimum absolute atomic E-state index is 0.133. The van der Waals surface area contributed by atoms with Crippen molar-refractivity contribution in [3.63, 3.8) is 0 Å². The summed E-state index contributed by atoms with van der Waals surface area (Å²) >= 11 is 5.95. The predicted molar refractivity (Wildman–Crippen MR) is 72.3 cm³/mol. The van der Waals surface area contributed by atoms with Gasteiger partial charge in [0.05, 0.1) is 10.6 Å². The maximum absolute atomic E-state index is 11.8. The molecule has 0 radical (unpaired) electrons. The molecule has 94 valence electrons. The predicted octanol–water partition coefficient (Wildman–Crippen LogP) is 3.23. The molecule has 1 aromatic rings. The molecule has 0 atom stereocenters. The maximum Gasteiger partial charge on any atom is 0.252 e. The van der Waals surface area contributed by atoms with Crippen molar-refractivity contribution >= 4 is 23.2 Å². The maximum atomic E-state index is 11.8. The Balaban J connectivity index is 2.42. The number of halogens is 1. The van der Waals surface area contributed by atoms with Gasteiger partial charge in [0.15, 0.2) is 0 Å². The number of benzene rings is 1. The summed E-state index contributed by atoms with van der Waals surface area (Å²) in [4.78, 5) is 11.8. The Morgan fingerprint density at radius 1 is 1.35 bits per heavy atom. The Morgan fingerprint density at radius 2 is 2.12 bits per heavy atom. The fourth-order valence-electron chi connectivity index (χ4n) is 1.56. The largest absolute Gasteiger partial charge is 0.399 e. The summed E-state index contributed by atoms with van der Waals surface area (Å²) in [7, 11) is 0. The van der Waals surface area contributed by atoms with Crippen LogP contribution in [0.3, 0.4) is 0 Å². The quantitative estimate of drug-likeness (QED) is 0.605. The number of nitrogen functional groups attached to an aromatic ring is 1. The van der Waals surface area contributed by atoms with Crippen molar-refractivity contribution in [2.75, 3.05) is 12.3 Å². The third-order valence-corrected chi connectivity index (χ3v) is 2.87. The fourth-order valence-corrected chi connectivity index (χ4v) is 1.84. The molecule has 17 heavy (non-hydrogen) atoms. The molecular weight excluding hydrogens is 236 g/mol. The number of nitrogens with one attached hydrogen (secondary N) is 1. The van der Waals surface area contributed by atoms with Gasteiger partial charge >= 0.3 is 0 Å². The average molecular weight is 255 g/mol. The summed E-state index contributed by atoms with van der Waals surface area (Å²) < 4.78 is 0. The van der Waals surface area contributed by atoms with Crippen LogP contribution in [0.25, 0.3) is 0 Å². The lowest BCUT2D eigenvalue weighted by Crippen LogP contribution is -2.24. The van der Waals surface area contributed by atoms with Crippen molar-refractivity contribution < 1.29 is 4.79 Å². The standard InChI is InChI=1S/C13H19ClN2O/c1-2-3-4-5-8-16-13(17)11-7-6-10(15)9-12(11)14/h6-7,9H,2-5,8,15H2,1H3,(H,16,17). The molecule has 3 nitrogen and oxygen atoms in total. The van der Waals surface area contributed by atoms with Crippen LogP contribution in [0.4, 0.5) is 5.69 Å². The van der Waals surface area contributed by atoms with Gasteiger partial charge in [-0.1, -0.05) is 37.8 Å². The molecule has 3 N–H and O–H groups in total. The molecule has 0 bridgehead atoms. The first-order chi connectivity index (χ1) is 8.15. The van der Waals surface area contributed by atoms with E-state index in [4.69, 9.17) is 17.3 Å². The van der Waals surface area contributed by atoms with Crippen molar-refractivity contribution in [2.45, 2.75) is 32.6 Å². The van der Waals surface area contributed by atoms with Crippen molar-refractivity contribution in [2.24, 2.45) is 0 Å². The second-order valence-corrected chi connectivity index (χ2v) is 4.46. The van der Waals surface area contributed by atoms with Crippen molar-refractivity contribution in [3.8, 4) is 0 Å².